The van der Waals surface area contributed by atoms with Crippen molar-refractivity contribution in [3.8, 4) is 5.75 Å². The van der Waals surface area contributed by atoms with E-state index < -0.39 is 0 Å². The molecule has 1 unspecified atom stereocenters. The van der Waals surface area contributed by atoms with Crippen LogP contribution in [0.2, 0.25) is 5.02 Å². The summed E-state index contributed by atoms with van der Waals surface area (Å²) in [6.45, 7) is 0. The fourth-order valence-corrected chi connectivity index (χ4v) is 2.54. The van der Waals surface area contributed by atoms with Gasteiger partial charge in [-0.15, -0.1) is 11.6 Å². The highest BCUT2D eigenvalue weighted by molar-refractivity contribution is 9.10. The lowest BCUT2D eigenvalue weighted by Crippen LogP contribution is -1.96. The van der Waals surface area contributed by atoms with E-state index in [4.69, 9.17) is 27.9 Å². The SMILES string of the molecule is COc1ccc(CC(Cl)c2ccc(Br)c(Cl)c2)cc1. The van der Waals surface area contributed by atoms with Crippen LogP contribution < -0.4 is 4.74 Å². The van der Waals surface area contributed by atoms with Gasteiger partial charge in [0.25, 0.3) is 0 Å². The Morgan fingerprint density at radius 2 is 1.84 bits per heavy atom. The van der Waals surface area contributed by atoms with E-state index in [9.17, 15) is 0 Å². The second-order valence-electron chi connectivity index (χ2n) is 4.19. The first-order chi connectivity index (χ1) is 9.10. The molecule has 0 heterocycles. The van der Waals surface area contributed by atoms with Crippen LogP contribution in [0, 0.1) is 0 Å². The van der Waals surface area contributed by atoms with Gasteiger partial charge < -0.3 is 4.74 Å². The standard InChI is InChI=1S/C15H13BrCl2O/c1-19-12-5-2-10(3-6-12)8-14(17)11-4-7-13(16)15(18)9-11/h2-7,9,14H,8H2,1H3. The van der Waals surface area contributed by atoms with Gasteiger partial charge in [0, 0.05) is 4.47 Å². The molecule has 0 saturated heterocycles. The van der Waals surface area contributed by atoms with E-state index >= 15 is 0 Å². The number of ether oxygens (including phenoxy) is 1. The summed E-state index contributed by atoms with van der Waals surface area (Å²) in [7, 11) is 1.66. The average molecular weight is 360 g/mol. The Kier molecular flexibility index (Phi) is 5.14. The molecule has 4 heteroatoms. The molecule has 0 amide bonds. The summed E-state index contributed by atoms with van der Waals surface area (Å²) < 4.78 is 6.01. The van der Waals surface area contributed by atoms with Crippen LogP contribution in [0.4, 0.5) is 0 Å². The van der Waals surface area contributed by atoms with Crippen molar-refractivity contribution in [3.05, 3.63) is 63.1 Å². The van der Waals surface area contributed by atoms with Gasteiger partial charge in [-0.1, -0.05) is 29.8 Å². The fourth-order valence-electron chi connectivity index (χ4n) is 1.79. The third-order valence-electron chi connectivity index (χ3n) is 2.88. The molecule has 19 heavy (non-hydrogen) atoms. The van der Waals surface area contributed by atoms with Crippen LogP contribution in [0.1, 0.15) is 16.5 Å². The monoisotopic (exact) mass is 358 g/mol. The number of halogens is 3. The van der Waals surface area contributed by atoms with Gasteiger partial charge in [-0.05, 0) is 57.7 Å². The summed E-state index contributed by atoms with van der Waals surface area (Å²) in [6, 6.07) is 13.7. The van der Waals surface area contributed by atoms with Crippen molar-refractivity contribution in [2.75, 3.05) is 7.11 Å². The maximum Gasteiger partial charge on any atom is 0.118 e. The number of benzene rings is 2. The van der Waals surface area contributed by atoms with Crippen molar-refractivity contribution in [2.24, 2.45) is 0 Å². The summed E-state index contributed by atoms with van der Waals surface area (Å²) in [5.41, 5.74) is 2.19. The van der Waals surface area contributed by atoms with E-state index in [1.807, 2.05) is 42.5 Å². The predicted octanol–water partition coefficient (Wildman–Crippen LogP) is 5.63. The highest BCUT2D eigenvalue weighted by atomic mass is 79.9. The van der Waals surface area contributed by atoms with Gasteiger partial charge in [0.1, 0.15) is 5.75 Å². The zero-order valence-electron chi connectivity index (χ0n) is 10.4. The Bertz CT molecular complexity index is 555. The minimum Gasteiger partial charge on any atom is -0.497 e. The lowest BCUT2D eigenvalue weighted by Gasteiger charge is -2.11. The first kappa shape index (κ1) is 14.7. The molecule has 0 aliphatic carbocycles. The molecule has 0 aliphatic heterocycles. The van der Waals surface area contributed by atoms with Crippen LogP contribution in [0.25, 0.3) is 0 Å². The molecular weight excluding hydrogens is 347 g/mol. The number of alkyl halides is 1. The Balaban J connectivity index is 2.10. The maximum absolute atomic E-state index is 6.43. The normalized spacial score (nSPS) is 12.2. The minimum atomic E-state index is -0.0982. The first-order valence-electron chi connectivity index (χ1n) is 5.82. The molecule has 1 nitrogen and oxygen atoms in total. The van der Waals surface area contributed by atoms with Gasteiger partial charge in [-0.3, -0.25) is 0 Å². The second kappa shape index (κ2) is 6.65. The molecule has 0 aromatic heterocycles. The molecule has 0 radical (unpaired) electrons. The molecular formula is C15H13BrCl2O. The van der Waals surface area contributed by atoms with Crippen molar-refractivity contribution >= 4 is 39.1 Å². The molecule has 2 aromatic carbocycles. The van der Waals surface area contributed by atoms with Crippen LogP contribution in [0.5, 0.6) is 5.75 Å². The van der Waals surface area contributed by atoms with Crippen molar-refractivity contribution < 1.29 is 4.74 Å². The van der Waals surface area contributed by atoms with Gasteiger partial charge in [-0.25, -0.2) is 0 Å². The number of hydrogen-bond donors (Lipinski definition) is 0. The van der Waals surface area contributed by atoms with Gasteiger partial charge >= 0.3 is 0 Å². The number of methoxy groups -OCH3 is 1. The molecule has 0 fully saturated rings. The zero-order chi connectivity index (χ0) is 13.8. The molecule has 0 saturated carbocycles. The Hall–Kier alpha value is -0.700. The molecule has 0 aliphatic rings. The molecule has 100 valence electrons. The lowest BCUT2D eigenvalue weighted by molar-refractivity contribution is 0.414. The van der Waals surface area contributed by atoms with Gasteiger partial charge in [0.2, 0.25) is 0 Å². The van der Waals surface area contributed by atoms with E-state index in [-0.39, 0.29) is 5.38 Å². The molecule has 0 bridgehead atoms. The lowest BCUT2D eigenvalue weighted by atomic mass is 10.0. The van der Waals surface area contributed by atoms with E-state index in [1.165, 1.54) is 5.56 Å². The van der Waals surface area contributed by atoms with Crippen molar-refractivity contribution in [1.82, 2.24) is 0 Å². The number of rotatable bonds is 4. The second-order valence-corrected chi connectivity index (χ2v) is 5.98. The van der Waals surface area contributed by atoms with Gasteiger partial charge in [0.15, 0.2) is 0 Å². The summed E-state index contributed by atoms with van der Waals surface area (Å²) in [5.74, 6) is 0.849. The van der Waals surface area contributed by atoms with Crippen LogP contribution in [0.15, 0.2) is 46.9 Å². The Morgan fingerprint density at radius 3 is 2.42 bits per heavy atom. The van der Waals surface area contributed by atoms with Crippen LogP contribution in [-0.4, -0.2) is 7.11 Å². The highest BCUT2D eigenvalue weighted by Crippen LogP contribution is 2.31. The van der Waals surface area contributed by atoms with E-state index in [0.717, 1.165) is 22.2 Å². The zero-order valence-corrected chi connectivity index (χ0v) is 13.5. The van der Waals surface area contributed by atoms with Gasteiger partial charge in [0.05, 0.1) is 17.5 Å². The topological polar surface area (TPSA) is 9.23 Å². The smallest absolute Gasteiger partial charge is 0.118 e. The third kappa shape index (κ3) is 3.88. The maximum atomic E-state index is 6.43. The molecule has 0 N–H and O–H groups in total. The van der Waals surface area contributed by atoms with E-state index in [0.29, 0.717) is 5.02 Å². The minimum absolute atomic E-state index is 0.0982. The predicted molar refractivity (Wildman–Crippen MR) is 84.4 cm³/mol. The van der Waals surface area contributed by atoms with Gasteiger partial charge in [-0.2, -0.15) is 0 Å². The first-order valence-corrected chi connectivity index (χ1v) is 7.43. The molecule has 2 aromatic rings. The van der Waals surface area contributed by atoms with Crippen molar-refractivity contribution in [1.29, 1.82) is 0 Å². The quantitative estimate of drug-likeness (QED) is 0.642. The summed E-state index contributed by atoms with van der Waals surface area (Å²) >= 11 is 15.9. The Labute approximate surface area is 131 Å². The molecule has 0 spiro atoms. The van der Waals surface area contributed by atoms with Crippen LogP contribution >= 0.6 is 39.1 Å². The molecule has 2 rings (SSSR count). The third-order valence-corrected chi connectivity index (χ3v) is 4.52. The van der Waals surface area contributed by atoms with Crippen molar-refractivity contribution in [3.63, 3.8) is 0 Å². The number of hydrogen-bond acceptors (Lipinski definition) is 1. The fraction of sp³-hybridized carbons (Fsp3) is 0.200. The van der Waals surface area contributed by atoms with E-state index in [1.54, 1.807) is 7.11 Å². The summed E-state index contributed by atoms with van der Waals surface area (Å²) in [6.07, 6.45) is 0.753. The largest absolute Gasteiger partial charge is 0.497 e. The van der Waals surface area contributed by atoms with E-state index in [2.05, 4.69) is 15.9 Å². The van der Waals surface area contributed by atoms with Crippen molar-refractivity contribution in [2.45, 2.75) is 11.8 Å². The highest BCUT2D eigenvalue weighted by Gasteiger charge is 2.10. The average Bonchev–Trinajstić information content (AvgIpc) is 2.42. The Morgan fingerprint density at radius 1 is 1.16 bits per heavy atom. The van der Waals surface area contributed by atoms with Crippen LogP contribution in [-0.2, 0) is 6.42 Å². The molecule has 1 atom stereocenters. The summed E-state index contributed by atoms with van der Waals surface area (Å²) in [4.78, 5) is 0. The summed E-state index contributed by atoms with van der Waals surface area (Å²) in [5, 5.41) is 0.580. The van der Waals surface area contributed by atoms with Crippen LogP contribution in [0.3, 0.4) is 0 Å².